The van der Waals surface area contributed by atoms with Crippen LogP contribution >= 0.6 is 23.2 Å². The number of rotatable bonds is 8. The van der Waals surface area contributed by atoms with Crippen molar-refractivity contribution >= 4 is 34.6 Å². The van der Waals surface area contributed by atoms with Crippen molar-refractivity contribution in [2.75, 3.05) is 36.0 Å². The summed E-state index contributed by atoms with van der Waals surface area (Å²) in [4.78, 5) is 22.0. The summed E-state index contributed by atoms with van der Waals surface area (Å²) in [6.07, 6.45) is 3.97. The first kappa shape index (κ1) is 29.8. The maximum absolute atomic E-state index is 15.0. The number of anilines is 2. The Morgan fingerprint density at radius 3 is 2.16 bits per heavy atom. The summed E-state index contributed by atoms with van der Waals surface area (Å²) < 4.78 is 32.4. The van der Waals surface area contributed by atoms with Crippen molar-refractivity contribution in [3.63, 3.8) is 0 Å². The van der Waals surface area contributed by atoms with E-state index in [1.165, 1.54) is 28.2 Å². The third-order valence-corrected chi connectivity index (χ3v) is 8.80. The Bertz CT molecular complexity index is 1820. The maximum Gasteiger partial charge on any atom is 0.350 e. The highest BCUT2D eigenvalue weighted by Crippen LogP contribution is 2.36. The summed E-state index contributed by atoms with van der Waals surface area (Å²) >= 11 is 12.3. The zero-order valence-electron chi connectivity index (χ0n) is 23.6. The molecule has 14 heteroatoms. The summed E-state index contributed by atoms with van der Waals surface area (Å²) in [6.45, 7) is 4.47. The van der Waals surface area contributed by atoms with E-state index in [1.54, 1.807) is 13.0 Å². The second-order valence-electron chi connectivity index (χ2n) is 10.6. The van der Waals surface area contributed by atoms with Crippen molar-refractivity contribution in [1.29, 1.82) is 0 Å². The lowest BCUT2D eigenvalue weighted by Gasteiger charge is -2.37. The molecule has 228 valence electrons. The van der Waals surface area contributed by atoms with Crippen molar-refractivity contribution in [2.45, 2.75) is 25.1 Å². The van der Waals surface area contributed by atoms with Gasteiger partial charge in [0, 0.05) is 49.2 Å². The fourth-order valence-corrected chi connectivity index (χ4v) is 5.83. The number of benzene rings is 3. The van der Waals surface area contributed by atoms with Crippen LogP contribution in [0.4, 0.5) is 20.2 Å². The van der Waals surface area contributed by atoms with Gasteiger partial charge in [0.15, 0.2) is 0 Å². The van der Waals surface area contributed by atoms with E-state index >= 15 is 0 Å². The van der Waals surface area contributed by atoms with Gasteiger partial charge in [-0.25, -0.2) is 32.5 Å². The molecular formula is C30H28Cl2F2N8O2. The molecule has 0 bridgehead atoms. The van der Waals surface area contributed by atoms with Crippen LogP contribution < -0.4 is 15.5 Å². The monoisotopic (exact) mass is 640 g/mol. The van der Waals surface area contributed by atoms with Crippen molar-refractivity contribution in [3.8, 4) is 5.69 Å². The lowest BCUT2D eigenvalue weighted by atomic mass is 9.86. The first-order chi connectivity index (χ1) is 21.1. The van der Waals surface area contributed by atoms with E-state index < -0.39 is 29.0 Å². The summed E-state index contributed by atoms with van der Waals surface area (Å²) in [5.41, 5.74) is -0.176. The van der Waals surface area contributed by atoms with Crippen molar-refractivity contribution in [3.05, 3.63) is 117 Å². The average molecular weight is 642 g/mol. The zero-order chi connectivity index (χ0) is 31.0. The molecule has 10 nitrogen and oxygen atoms in total. The van der Waals surface area contributed by atoms with Crippen LogP contribution in [0.3, 0.4) is 0 Å². The molecule has 5 aromatic rings. The van der Waals surface area contributed by atoms with Crippen molar-refractivity contribution in [2.24, 2.45) is 0 Å². The predicted octanol–water partition coefficient (Wildman–Crippen LogP) is 4.69. The van der Waals surface area contributed by atoms with Gasteiger partial charge in [-0.3, -0.25) is 0 Å². The minimum Gasteiger partial charge on any atom is -0.381 e. The highest BCUT2D eigenvalue weighted by atomic mass is 35.5. The molecule has 3 aromatic carbocycles. The summed E-state index contributed by atoms with van der Waals surface area (Å²) in [7, 11) is 0. The molecule has 6 rings (SSSR count). The summed E-state index contributed by atoms with van der Waals surface area (Å²) in [5, 5.41) is 21.2. The molecule has 0 spiro atoms. The number of aliphatic hydroxyl groups is 1. The number of halogens is 4. The normalized spacial score (nSPS) is 15.8. The second-order valence-corrected chi connectivity index (χ2v) is 11.4. The van der Waals surface area contributed by atoms with Crippen molar-refractivity contribution in [1.82, 2.24) is 29.1 Å². The largest absolute Gasteiger partial charge is 0.381 e. The zero-order valence-corrected chi connectivity index (χ0v) is 25.1. The van der Waals surface area contributed by atoms with Gasteiger partial charge in [-0.15, -0.1) is 0 Å². The third kappa shape index (κ3) is 5.68. The molecular weight excluding hydrogens is 613 g/mol. The lowest BCUT2D eigenvalue weighted by molar-refractivity contribution is -0.0381. The fourth-order valence-electron chi connectivity index (χ4n) is 5.53. The molecule has 1 saturated heterocycles. The van der Waals surface area contributed by atoms with Gasteiger partial charge in [0.25, 0.3) is 0 Å². The van der Waals surface area contributed by atoms with E-state index in [9.17, 15) is 18.7 Å². The van der Waals surface area contributed by atoms with Crippen LogP contribution in [0, 0.1) is 11.6 Å². The Morgan fingerprint density at radius 2 is 1.52 bits per heavy atom. The van der Waals surface area contributed by atoms with E-state index in [0.29, 0.717) is 21.8 Å². The number of nitrogens with zero attached hydrogens (tertiary/aromatic N) is 8. The highest BCUT2D eigenvalue weighted by Gasteiger charge is 2.42. The SMILES string of the molecule is CC(n1ncn(-c2ccc(N3CCN(c4ccc(Cl)c(Cl)c4)CC3)cc2)c1=O)C(O)(Cn1cncn1)c1ccc(F)cc1F. The molecule has 0 aliphatic carbocycles. The topological polar surface area (TPSA) is 97.2 Å². The fraction of sp³-hybridized carbons (Fsp3) is 0.267. The molecule has 3 heterocycles. The molecule has 2 unspecified atom stereocenters. The molecule has 1 fully saturated rings. The van der Waals surface area contributed by atoms with E-state index in [2.05, 4.69) is 25.0 Å². The Kier molecular flexibility index (Phi) is 8.14. The van der Waals surface area contributed by atoms with Gasteiger partial charge >= 0.3 is 5.69 Å². The highest BCUT2D eigenvalue weighted by molar-refractivity contribution is 6.42. The lowest BCUT2D eigenvalue weighted by Crippen LogP contribution is -2.46. The van der Waals surface area contributed by atoms with Gasteiger partial charge in [-0.1, -0.05) is 29.3 Å². The van der Waals surface area contributed by atoms with Gasteiger partial charge in [0.05, 0.1) is 28.3 Å². The molecule has 0 radical (unpaired) electrons. The Hall–Kier alpha value is -4.26. The van der Waals surface area contributed by atoms with E-state index in [1.807, 2.05) is 36.4 Å². The molecule has 44 heavy (non-hydrogen) atoms. The minimum absolute atomic E-state index is 0.202. The van der Waals surface area contributed by atoms with Crippen LogP contribution in [0.15, 0.2) is 84.4 Å². The minimum atomic E-state index is -2.03. The average Bonchev–Trinajstić information content (AvgIpc) is 3.67. The Balaban J connectivity index is 1.21. The van der Waals surface area contributed by atoms with Crippen LogP contribution in [0.1, 0.15) is 18.5 Å². The van der Waals surface area contributed by atoms with Gasteiger partial charge in [0.2, 0.25) is 0 Å². The van der Waals surface area contributed by atoms with Gasteiger partial charge in [-0.05, 0) is 55.5 Å². The van der Waals surface area contributed by atoms with Gasteiger partial charge in [-0.2, -0.15) is 10.2 Å². The predicted molar refractivity (Wildman–Crippen MR) is 164 cm³/mol. The molecule has 1 aliphatic rings. The van der Waals surface area contributed by atoms with Crippen LogP contribution in [-0.2, 0) is 12.1 Å². The summed E-state index contributed by atoms with van der Waals surface area (Å²) in [5.74, 6) is -1.75. The first-order valence-corrected chi connectivity index (χ1v) is 14.6. The van der Waals surface area contributed by atoms with E-state index in [4.69, 9.17) is 23.2 Å². The van der Waals surface area contributed by atoms with Crippen LogP contribution in [0.2, 0.25) is 10.0 Å². The van der Waals surface area contributed by atoms with Gasteiger partial charge < -0.3 is 14.9 Å². The Morgan fingerprint density at radius 1 is 0.864 bits per heavy atom. The van der Waals surface area contributed by atoms with Gasteiger partial charge in [0.1, 0.15) is 36.2 Å². The van der Waals surface area contributed by atoms with E-state index in [-0.39, 0.29) is 12.1 Å². The molecule has 1 N–H and O–H groups in total. The van der Waals surface area contributed by atoms with E-state index in [0.717, 1.165) is 54.4 Å². The molecule has 0 amide bonds. The van der Waals surface area contributed by atoms with Crippen LogP contribution in [0.5, 0.6) is 0 Å². The third-order valence-electron chi connectivity index (χ3n) is 8.06. The summed E-state index contributed by atoms with van der Waals surface area (Å²) in [6, 6.07) is 15.0. The number of piperazine rings is 1. The van der Waals surface area contributed by atoms with Crippen LogP contribution in [0.25, 0.3) is 5.69 Å². The Labute approximate surface area is 261 Å². The number of hydrogen-bond acceptors (Lipinski definition) is 7. The molecule has 2 aromatic heterocycles. The quantitative estimate of drug-likeness (QED) is 0.263. The van der Waals surface area contributed by atoms with Crippen molar-refractivity contribution < 1.29 is 13.9 Å². The smallest absolute Gasteiger partial charge is 0.350 e. The molecule has 2 atom stereocenters. The van der Waals surface area contributed by atoms with Crippen LogP contribution in [-0.4, -0.2) is 60.4 Å². The maximum atomic E-state index is 15.0. The molecule has 0 saturated carbocycles. The first-order valence-electron chi connectivity index (χ1n) is 13.9. The molecule has 1 aliphatic heterocycles. The standard InChI is InChI=1S/C30H28Cl2F2N8O2/c1-20(30(44,16-40-18-35-17-36-40)25-8-2-21(33)14-28(25)34)42-29(43)41(19-37-42)23-5-3-22(4-6-23)38-10-12-39(13-11-38)24-7-9-26(31)27(32)15-24/h2-9,14-15,17-20,44H,10-13,16H2,1H3. The number of hydrogen-bond donors (Lipinski definition) is 1. The number of aromatic nitrogens is 6. The second kappa shape index (κ2) is 12.0.